The fourth-order valence-electron chi connectivity index (χ4n) is 4.49. The van der Waals surface area contributed by atoms with E-state index in [9.17, 15) is 26.3 Å². The molecule has 0 radical (unpaired) electrons. The molecule has 5 rings (SSSR count). The van der Waals surface area contributed by atoms with E-state index in [0.29, 0.717) is 11.2 Å². The summed E-state index contributed by atoms with van der Waals surface area (Å²) in [5.74, 6) is 0.0932. The van der Waals surface area contributed by atoms with Crippen molar-refractivity contribution in [3.63, 3.8) is 0 Å². The smallest absolute Gasteiger partial charge is 0.322 e. The molecule has 186 valence electrons. The summed E-state index contributed by atoms with van der Waals surface area (Å²) in [6.07, 6.45) is -7.92. The first-order chi connectivity index (χ1) is 16.2. The Labute approximate surface area is 214 Å². The Morgan fingerprint density at radius 3 is 2.00 bits per heavy atom. The van der Waals surface area contributed by atoms with Gasteiger partial charge in [0.05, 0.1) is 44.1 Å². The number of nitrogens with zero attached hydrogens (tertiary/aromatic N) is 4. The largest absolute Gasteiger partial charge is 0.426 e. The minimum Gasteiger partial charge on any atom is -0.322 e. The number of hydrogen-bond acceptors (Lipinski definition) is 2. The lowest BCUT2D eigenvalue weighted by Crippen LogP contribution is -2.43. The fourth-order valence-corrected chi connectivity index (χ4v) is 5.12. The van der Waals surface area contributed by atoms with E-state index < -0.39 is 25.4 Å². The van der Waals surface area contributed by atoms with Gasteiger partial charge in [0.1, 0.15) is 18.9 Å². The van der Waals surface area contributed by atoms with Gasteiger partial charge in [0.25, 0.3) is 5.82 Å². The summed E-state index contributed by atoms with van der Waals surface area (Å²) in [7, 11) is 0. The van der Waals surface area contributed by atoms with E-state index >= 15 is 0 Å². The topological polar surface area (TPSA) is 15.3 Å². The van der Waals surface area contributed by atoms with Gasteiger partial charge in [-0.25, -0.2) is 9.13 Å². The van der Waals surface area contributed by atoms with E-state index in [1.54, 1.807) is 9.47 Å². The maximum atomic E-state index is 13.6. The van der Waals surface area contributed by atoms with Crippen molar-refractivity contribution in [2.24, 2.45) is 0 Å². The van der Waals surface area contributed by atoms with Crippen LogP contribution in [-0.4, -0.2) is 30.0 Å². The van der Waals surface area contributed by atoms with Crippen LogP contribution in [0.1, 0.15) is 5.82 Å². The van der Waals surface area contributed by atoms with Crippen molar-refractivity contribution in [3.8, 4) is 0 Å². The molecule has 0 saturated heterocycles. The Kier molecular flexibility index (Phi) is 5.82. The van der Waals surface area contributed by atoms with Crippen LogP contribution in [0.5, 0.6) is 0 Å². The number of fused-ring (bicyclic) bond motifs is 6. The molecule has 0 N–H and O–H groups in total. The lowest BCUT2D eigenvalue weighted by Gasteiger charge is -2.24. The summed E-state index contributed by atoms with van der Waals surface area (Å²) in [6, 6.07) is 5.53. The number of benzene rings is 2. The minimum atomic E-state index is -4.61. The fraction of sp³-hybridized carbons (Fsp3) is 0.286. The Morgan fingerprint density at radius 2 is 1.37 bits per heavy atom. The summed E-state index contributed by atoms with van der Waals surface area (Å²) in [6.45, 7) is -2.46. The first-order valence-electron chi connectivity index (χ1n) is 10.0. The third kappa shape index (κ3) is 4.39. The van der Waals surface area contributed by atoms with E-state index in [0.717, 1.165) is 9.47 Å². The summed E-state index contributed by atoms with van der Waals surface area (Å²) in [5, 5.41) is 0.394. The van der Waals surface area contributed by atoms with Crippen molar-refractivity contribution in [3.05, 3.63) is 56.0 Å². The second-order valence-electron chi connectivity index (χ2n) is 8.08. The van der Waals surface area contributed by atoms with Crippen LogP contribution in [0.4, 0.5) is 37.7 Å². The maximum Gasteiger partial charge on any atom is 0.426 e. The molecule has 1 aromatic heterocycles. The number of halogens is 10. The highest BCUT2D eigenvalue weighted by Crippen LogP contribution is 2.47. The molecule has 2 aliphatic rings. The highest BCUT2D eigenvalue weighted by atomic mass is 35.5. The van der Waals surface area contributed by atoms with Crippen molar-refractivity contribution < 1.29 is 30.9 Å². The molecular formula is C21H13Cl4F6N4+. The summed E-state index contributed by atoms with van der Waals surface area (Å²) >= 11 is 24.5. The molecule has 0 fully saturated rings. The third-order valence-electron chi connectivity index (χ3n) is 5.78. The average molecular weight is 577 g/mol. The van der Waals surface area contributed by atoms with Gasteiger partial charge in [0.15, 0.2) is 17.6 Å². The van der Waals surface area contributed by atoms with E-state index in [4.69, 9.17) is 46.4 Å². The lowest BCUT2D eigenvalue weighted by atomic mass is 10.2. The van der Waals surface area contributed by atoms with Crippen LogP contribution in [0.2, 0.25) is 20.1 Å². The summed E-state index contributed by atoms with van der Waals surface area (Å²) < 4.78 is 83.9. The van der Waals surface area contributed by atoms with E-state index in [2.05, 4.69) is 0 Å². The first-order valence-corrected chi connectivity index (χ1v) is 11.5. The summed E-state index contributed by atoms with van der Waals surface area (Å²) in [4.78, 5) is 2.56. The van der Waals surface area contributed by atoms with Crippen molar-refractivity contribution in [2.45, 2.75) is 25.4 Å². The van der Waals surface area contributed by atoms with Crippen LogP contribution in [0, 0.1) is 0 Å². The van der Waals surface area contributed by atoms with Crippen LogP contribution in [0.15, 0.2) is 30.1 Å². The van der Waals surface area contributed by atoms with Gasteiger partial charge in [-0.2, -0.15) is 26.3 Å². The molecular weight excluding hydrogens is 564 g/mol. The Morgan fingerprint density at radius 1 is 0.771 bits per heavy atom. The molecule has 2 aliphatic heterocycles. The number of imidazole rings is 1. The molecule has 0 saturated carbocycles. The van der Waals surface area contributed by atoms with Crippen LogP contribution in [0.25, 0.3) is 17.1 Å². The van der Waals surface area contributed by atoms with Gasteiger partial charge in [0, 0.05) is 12.1 Å². The Bertz CT molecular complexity index is 1400. The van der Waals surface area contributed by atoms with Gasteiger partial charge in [-0.15, -0.1) is 0 Å². The first kappa shape index (κ1) is 24.7. The molecule has 3 aromatic rings. The van der Waals surface area contributed by atoms with Crippen molar-refractivity contribution in [1.82, 2.24) is 4.57 Å². The highest BCUT2D eigenvalue weighted by Gasteiger charge is 2.43. The Hall–Kier alpha value is -2.01. The maximum absolute atomic E-state index is 13.6. The molecule has 0 atom stereocenters. The van der Waals surface area contributed by atoms with Gasteiger partial charge >= 0.3 is 12.4 Å². The van der Waals surface area contributed by atoms with Crippen LogP contribution >= 0.6 is 46.4 Å². The monoisotopic (exact) mass is 575 g/mol. The van der Waals surface area contributed by atoms with Crippen LogP contribution in [0.3, 0.4) is 0 Å². The summed E-state index contributed by atoms with van der Waals surface area (Å²) in [5.41, 5.74) is 1.05. The zero-order chi connectivity index (χ0) is 25.4. The molecule has 0 spiro atoms. The third-order valence-corrected chi connectivity index (χ3v) is 7.23. The SMILES string of the molecule is FC(F)(F)CN1C2=Cc3n(c4cc(Cl)c(Cl)cc4[n+]3CC(F)(F)F)CCN2c2cc(Cl)c(Cl)cc21. The van der Waals surface area contributed by atoms with Gasteiger partial charge in [-0.1, -0.05) is 46.4 Å². The van der Waals surface area contributed by atoms with E-state index in [1.807, 2.05) is 0 Å². The minimum absolute atomic E-state index is 0.0466. The molecule has 4 nitrogen and oxygen atoms in total. The zero-order valence-electron chi connectivity index (χ0n) is 17.3. The molecule has 0 unspecified atom stereocenters. The van der Waals surface area contributed by atoms with Crippen molar-refractivity contribution >= 4 is 74.9 Å². The molecule has 35 heavy (non-hydrogen) atoms. The second-order valence-corrected chi connectivity index (χ2v) is 9.71. The highest BCUT2D eigenvalue weighted by molar-refractivity contribution is 6.43. The predicted octanol–water partition coefficient (Wildman–Crippen LogP) is 7.31. The van der Waals surface area contributed by atoms with Gasteiger partial charge in [-0.3, -0.25) is 0 Å². The molecule has 3 heterocycles. The quantitative estimate of drug-likeness (QED) is 0.235. The van der Waals surface area contributed by atoms with Crippen LogP contribution < -0.4 is 14.4 Å². The average Bonchev–Trinajstić information content (AvgIpc) is 3.03. The number of alkyl halides is 6. The van der Waals surface area contributed by atoms with E-state index in [1.165, 1.54) is 30.3 Å². The molecule has 0 aliphatic carbocycles. The van der Waals surface area contributed by atoms with Gasteiger partial charge in [-0.05, 0) is 12.1 Å². The van der Waals surface area contributed by atoms with Gasteiger partial charge < -0.3 is 9.80 Å². The van der Waals surface area contributed by atoms with Crippen molar-refractivity contribution in [2.75, 3.05) is 22.9 Å². The van der Waals surface area contributed by atoms with Crippen LogP contribution in [-0.2, 0) is 13.1 Å². The van der Waals surface area contributed by atoms with Crippen molar-refractivity contribution in [1.29, 1.82) is 0 Å². The number of rotatable bonds is 2. The normalized spacial score (nSPS) is 15.8. The number of hydrogen-bond donors (Lipinski definition) is 0. The number of aromatic nitrogens is 2. The Balaban J connectivity index is 1.78. The van der Waals surface area contributed by atoms with Gasteiger partial charge in [0.2, 0.25) is 0 Å². The van der Waals surface area contributed by atoms with E-state index in [-0.39, 0.29) is 56.0 Å². The predicted molar refractivity (Wildman–Crippen MR) is 123 cm³/mol. The number of anilines is 2. The molecule has 0 bridgehead atoms. The molecule has 2 aromatic carbocycles. The molecule has 14 heteroatoms. The standard InChI is InChI=1S/C21H13Cl4F6N4/c22-10-3-14-16(5-12(10)24)34(8-20(26,27)28)18-7-19-33(2-1-32(14)18)15-4-11(23)13(25)6-17(15)35(19)9-21(29,30)31/h3-7H,1-2,8-9H2/q+1. The lowest BCUT2D eigenvalue weighted by molar-refractivity contribution is -0.698. The zero-order valence-corrected chi connectivity index (χ0v) is 20.3. The second kappa shape index (κ2) is 8.26. The molecule has 0 amide bonds.